The number of benzene rings is 8. The number of hydrogen-bond acceptors (Lipinski definition) is 0. The molecule has 8 aromatic rings. The van der Waals surface area contributed by atoms with E-state index in [0.29, 0.717) is 0 Å². The largest absolute Gasteiger partial charge is 0.266 e. The van der Waals surface area contributed by atoms with E-state index in [2.05, 4.69) is 86.6 Å². The number of halogens is 8. The van der Waals surface area contributed by atoms with E-state index in [1.54, 1.807) is 0 Å². The maximum absolute atomic E-state index is 12.0. The van der Waals surface area contributed by atoms with Crippen molar-refractivity contribution in [3.63, 3.8) is 0 Å². The van der Waals surface area contributed by atoms with E-state index < -0.39 is 24.3 Å². The summed E-state index contributed by atoms with van der Waals surface area (Å²) in [6.45, 7) is 6.34. The molecule has 0 bridgehead atoms. The molecule has 0 fully saturated rings. The minimum atomic E-state index is -1.63. The van der Waals surface area contributed by atoms with Crippen molar-refractivity contribution < 1.29 is 35.1 Å². The van der Waals surface area contributed by atoms with Crippen molar-refractivity contribution in [2.24, 2.45) is 0 Å². The summed E-state index contributed by atoms with van der Waals surface area (Å²) < 4.78 is 95.8. The SMILES string of the molecule is CCCc1ccc(-c2ccc(CC=C(F)F)cc2)cc1.CCc1ccc(-c2ccc(CC=C(F)F)cc2)cc1.Cc1ccc(-c2ccc(CC=C(F)F)cc2)cc1.FC(F)=CCc1ccc(-c2ccccc2)cc1. The third-order valence-electron chi connectivity index (χ3n) is 11.8. The van der Waals surface area contributed by atoms with Crippen LogP contribution in [0.3, 0.4) is 0 Å². The van der Waals surface area contributed by atoms with Crippen LogP contribution in [0.4, 0.5) is 35.1 Å². The highest BCUT2D eigenvalue weighted by molar-refractivity contribution is 5.66. The first-order chi connectivity index (χ1) is 35.8. The molecule has 74 heavy (non-hydrogen) atoms. The fourth-order valence-corrected chi connectivity index (χ4v) is 7.58. The van der Waals surface area contributed by atoms with Crippen LogP contribution < -0.4 is 0 Å². The molecule has 0 saturated carbocycles. The number of hydrogen-bond donors (Lipinski definition) is 0. The molecular formula is C66H60F8. The minimum Gasteiger partial charge on any atom is -0.174 e. The number of aryl methyl sites for hydroxylation is 3. The highest BCUT2D eigenvalue weighted by atomic mass is 19.3. The summed E-state index contributed by atoms with van der Waals surface area (Å²) in [6, 6.07) is 66.0. The summed E-state index contributed by atoms with van der Waals surface area (Å²) in [5.41, 5.74) is 16.4. The second kappa shape index (κ2) is 30.9. The third-order valence-corrected chi connectivity index (χ3v) is 11.8. The monoisotopic (exact) mass is 1000 g/mol. The Labute approximate surface area is 431 Å². The van der Waals surface area contributed by atoms with Crippen LogP contribution in [0.15, 0.2) is 249 Å². The van der Waals surface area contributed by atoms with E-state index in [0.717, 1.165) is 110 Å². The van der Waals surface area contributed by atoms with Gasteiger partial charge in [0.25, 0.3) is 24.3 Å². The standard InChI is InChI=1S/C18H18F2.C17H16F2.C16H14F2.C15H12F2/c1-2-3-14-4-9-16(10-5-14)17-11-6-15(7-12-17)8-13-18(19)20;1-2-13-3-8-15(9-4-13)16-10-5-14(6-11-16)7-12-17(18)19;1-12-2-7-14(8-3-12)15-9-4-13(5-10-15)6-11-16(17)18;16-15(17)11-8-12-6-9-14(10-7-12)13-4-2-1-3-5-13/h4-7,9-13H,2-3,8H2,1H3;3-6,8-12H,2,7H2,1H3;2-5,7-11H,6H2,1H3;1-7,9-11H,8H2. The lowest BCUT2D eigenvalue weighted by Crippen LogP contribution is -1.85. The highest BCUT2D eigenvalue weighted by Crippen LogP contribution is 2.25. The van der Waals surface area contributed by atoms with Crippen molar-refractivity contribution in [1.82, 2.24) is 0 Å². The van der Waals surface area contributed by atoms with Gasteiger partial charge in [0.2, 0.25) is 0 Å². The Balaban J connectivity index is 0.000000183. The molecule has 0 aromatic heterocycles. The van der Waals surface area contributed by atoms with Gasteiger partial charge in [0.05, 0.1) is 0 Å². The number of rotatable bonds is 15. The summed E-state index contributed by atoms with van der Waals surface area (Å²) >= 11 is 0. The molecule has 8 heteroatoms. The molecule has 8 aromatic carbocycles. The molecule has 0 aliphatic rings. The Morgan fingerprint density at radius 3 is 0.757 bits per heavy atom. The van der Waals surface area contributed by atoms with Crippen molar-refractivity contribution >= 4 is 0 Å². The van der Waals surface area contributed by atoms with Gasteiger partial charge in [-0.15, -0.1) is 0 Å². The van der Waals surface area contributed by atoms with Crippen LogP contribution in [0.1, 0.15) is 59.2 Å². The van der Waals surface area contributed by atoms with E-state index in [4.69, 9.17) is 0 Å². The normalized spacial score (nSPS) is 10.2. The van der Waals surface area contributed by atoms with Gasteiger partial charge in [-0.3, -0.25) is 0 Å². The molecule has 0 aliphatic carbocycles. The zero-order valence-corrected chi connectivity index (χ0v) is 41.8. The van der Waals surface area contributed by atoms with Gasteiger partial charge in [0.1, 0.15) is 0 Å². The van der Waals surface area contributed by atoms with Gasteiger partial charge in [-0.05, 0) is 148 Å². The predicted molar refractivity (Wildman–Crippen MR) is 292 cm³/mol. The Morgan fingerprint density at radius 1 is 0.284 bits per heavy atom. The quantitative estimate of drug-likeness (QED) is 0.0898. The van der Waals surface area contributed by atoms with Crippen molar-refractivity contribution in [3.05, 3.63) is 288 Å². The molecule has 0 atom stereocenters. The van der Waals surface area contributed by atoms with Gasteiger partial charge in [-0.25, -0.2) is 0 Å². The molecule has 0 heterocycles. The maximum atomic E-state index is 12.0. The summed E-state index contributed by atoms with van der Waals surface area (Å²) in [7, 11) is 0. The minimum absolute atomic E-state index is 0.274. The molecule has 0 N–H and O–H groups in total. The summed E-state index contributed by atoms with van der Waals surface area (Å²) in [5, 5.41) is 0. The average Bonchev–Trinajstić information content (AvgIpc) is 3.42. The summed E-state index contributed by atoms with van der Waals surface area (Å²) in [5.74, 6) is 0. The Morgan fingerprint density at radius 2 is 0.514 bits per heavy atom. The van der Waals surface area contributed by atoms with Crippen LogP contribution in [0.5, 0.6) is 0 Å². The zero-order chi connectivity index (χ0) is 53.1. The fraction of sp³-hybridized carbons (Fsp3) is 0.152. The molecular weight excluding hydrogens is 945 g/mol. The topological polar surface area (TPSA) is 0 Å². The van der Waals surface area contributed by atoms with E-state index in [9.17, 15) is 35.1 Å². The van der Waals surface area contributed by atoms with Crippen LogP contribution in [0, 0.1) is 6.92 Å². The lowest BCUT2D eigenvalue weighted by atomic mass is 10.0. The van der Waals surface area contributed by atoms with E-state index in [1.165, 1.54) is 16.7 Å². The molecule has 0 unspecified atom stereocenters. The Bertz CT molecular complexity index is 2970. The molecule has 0 aliphatic heterocycles. The van der Waals surface area contributed by atoms with Gasteiger partial charge in [-0.1, -0.05) is 226 Å². The van der Waals surface area contributed by atoms with Crippen LogP contribution in [0.2, 0.25) is 0 Å². The molecule has 0 spiro atoms. The molecule has 8 rings (SSSR count). The fourth-order valence-electron chi connectivity index (χ4n) is 7.58. The first-order valence-corrected chi connectivity index (χ1v) is 24.5. The summed E-state index contributed by atoms with van der Waals surface area (Å²) in [4.78, 5) is 0. The van der Waals surface area contributed by atoms with Gasteiger partial charge in [0, 0.05) is 0 Å². The first-order valence-electron chi connectivity index (χ1n) is 24.5. The van der Waals surface area contributed by atoms with Gasteiger partial charge in [-0.2, -0.15) is 35.1 Å². The second-order valence-electron chi connectivity index (χ2n) is 17.3. The third kappa shape index (κ3) is 20.7. The predicted octanol–water partition coefficient (Wildman–Crippen LogP) is 20.5. The van der Waals surface area contributed by atoms with Crippen molar-refractivity contribution in [2.45, 2.75) is 65.7 Å². The van der Waals surface area contributed by atoms with Crippen LogP contribution >= 0.6 is 0 Å². The highest BCUT2D eigenvalue weighted by Gasteiger charge is 2.03. The van der Waals surface area contributed by atoms with Crippen LogP contribution in [0.25, 0.3) is 44.5 Å². The van der Waals surface area contributed by atoms with Crippen molar-refractivity contribution in [2.75, 3.05) is 0 Å². The van der Waals surface area contributed by atoms with Gasteiger partial charge >= 0.3 is 0 Å². The van der Waals surface area contributed by atoms with E-state index in [-0.39, 0.29) is 25.7 Å². The molecule has 0 radical (unpaired) electrons. The molecule has 0 amide bonds. The Kier molecular flexibility index (Phi) is 23.8. The van der Waals surface area contributed by atoms with E-state index in [1.807, 2.05) is 134 Å². The lowest BCUT2D eigenvalue weighted by Gasteiger charge is -2.05. The van der Waals surface area contributed by atoms with Crippen LogP contribution in [-0.2, 0) is 38.5 Å². The molecule has 0 saturated heterocycles. The molecule has 380 valence electrons. The second-order valence-corrected chi connectivity index (χ2v) is 17.3. The molecule has 0 nitrogen and oxygen atoms in total. The maximum Gasteiger partial charge on any atom is 0.266 e. The summed E-state index contributed by atoms with van der Waals surface area (Å²) in [6.07, 6.45) is 1.60. The zero-order valence-electron chi connectivity index (χ0n) is 41.8. The van der Waals surface area contributed by atoms with Crippen molar-refractivity contribution in [3.8, 4) is 44.5 Å². The average molecular weight is 1010 g/mol. The van der Waals surface area contributed by atoms with Gasteiger partial charge in [0.15, 0.2) is 0 Å². The van der Waals surface area contributed by atoms with E-state index >= 15 is 0 Å². The smallest absolute Gasteiger partial charge is 0.174 e. The number of allylic oxidation sites excluding steroid dienone is 4. The first kappa shape index (κ1) is 57.1. The van der Waals surface area contributed by atoms with Crippen molar-refractivity contribution in [1.29, 1.82) is 0 Å². The van der Waals surface area contributed by atoms with Gasteiger partial charge < -0.3 is 0 Å². The Hall–Kier alpha value is -7.84. The lowest BCUT2D eigenvalue weighted by molar-refractivity contribution is 0.418. The van der Waals surface area contributed by atoms with Crippen LogP contribution in [-0.4, -0.2) is 0 Å².